The maximum Gasteiger partial charge on any atom is 0.231 e. The molecule has 0 radical (unpaired) electrons. The zero-order valence-electron chi connectivity index (χ0n) is 8.96. The predicted molar refractivity (Wildman–Crippen MR) is 54.5 cm³/mol. The van der Waals surface area contributed by atoms with Crippen molar-refractivity contribution >= 4 is 0 Å². The minimum Gasteiger partial charge on any atom is -0.493 e. The molecule has 1 aliphatic heterocycles. The van der Waals surface area contributed by atoms with Gasteiger partial charge in [0.1, 0.15) is 0 Å². The van der Waals surface area contributed by atoms with Crippen molar-refractivity contribution in [3.8, 4) is 17.2 Å². The molecule has 1 aromatic carbocycles. The zero-order valence-corrected chi connectivity index (χ0v) is 8.96. The molecule has 0 aromatic heterocycles. The second-order valence-electron chi connectivity index (χ2n) is 3.44. The Morgan fingerprint density at radius 3 is 3.00 bits per heavy atom. The van der Waals surface area contributed by atoms with Gasteiger partial charge in [0.2, 0.25) is 18.4 Å². The van der Waals surface area contributed by atoms with E-state index in [1.807, 2.05) is 0 Å². The lowest BCUT2D eigenvalue weighted by Crippen LogP contribution is -1.98. The molecule has 1 aliphatic rings. The quantitative estimate of drug-likeness (QED) is 0.848. The fourth-order valence-corrected chi connectivity index (χ4v) is 1.71. The number of halogens is 1. The van der Waals surface area contributed by atoms with Crippen molar-refractivity contribution in [3.05, 3.63) is 17.4 Å². The van der Waals surface area contributed by atoms with Gasteiger partial charge < -0.3 is 19.3 Å². The lowest BCUT2D eigenvalue weighted by molar-refractivity contribution is 0.170. The molecule has 1 aromatic rings. The van der Waals surface area contributed by atoms with Crippen molar-refractivity contribution in [2.75, 3.05) is 20.5 Å². The fraction of sp³-hybridized carbons (Fsp3) is 0.455. The summed E-state index contributed by atoms with van der Waals surface area (Å²) in [5.74, 6) is 0.124. The van der Waals surface area contributed by atoms with Gasteiger partial charge in [-0.3, -0.25) is 0 Å². The van der Waals surface area contributed by atoms with Crippen LogP contribution in [0.3, 0.4) is 0 Å². The van der Waals surface area contributed by atoms with E-state index in [4.69, 9.17) is 19.3 Å². The van der Waals surface area contributed by atoms with Gasteiger partial charge in [0, 0.05) is 12.2 Å². The van der Waals surface area contributed by atoms with Gasteiger partial charge in [0.15, 0.2) is 11.5 Å². The Balaban J connectivity index is 2.39. The molecule has 5 heteroatoms. The van der Waals surface area contributed by atoms with Crippen LogP contribution in [0, 0.1) is 5.82 Å². The topological polar surface area (TPSA) is 47.9 Å². The molecule has 0 aliphatic carbocycles. The maximum atomic E-state index is 13.9. The lowest BCUT2D eigenvalue weighted by Gasteiger charge is -2.10. The maximum absolute atomic E-state index is 13.9. The molecule has 1 heterocycles. The number of aliphatic hydroxyl groups is 1. The Morgan fingerprint density at radius 1 is 1.50 bits per heavy atom. The Labute approximate surface area is 92.6 Å². The molecular formula is C11H13FO4. The summed E-state index contributed by atoms with van der Waals surface area (Å²) >= 11 is 0. The third kappa shape index (κ3) is 1.78. The van der Waals surface area contributed by atoms with Gasteiger partial charge in [-0.25, -0.2) is 0 Å². The number of rotatable bonds is 4. The Bertz CT molecular complexity index is 392. The molecule has 1 N–H and O–H groups in total. The van der Waals surface area contributed by atoms with Gasteiger partial charge in [-0.15, -0.1) is 0 Å². The number of hydrogen-bond donors (Lipinski definition) is 1. The molecule has 16 heavy (non-hydrogen) atoms. The van der Waals surface area contributed by atoms with E-state index in [1.54, 1.807) is 6.07 Å². The van der Waals surface area contributed by atoms with E-state index in [1.165, 1.54) is 7.11 Å². The Hall–Kier alpha value is -1.49. The number of fused-ring (bicyclic) bond motifs is 1. The normalized spacial score (nSPS) is 12.9. The summed E-state index contributed by atoms with van der Waals surface area (Å²) < 4.78 is 29.0. The molecule has 0 unspecified atom stereocenters. The van der Waals surface area contributed by atoms with Crippen LogP contribution < -0.4 is 14.2 Å². The highest BCUT2D eigenvalue weighted by Gasteiger charge is 2.24. The first-order chi connectivity index (χ1) is 7.77. The summed E-state index contributed by atoms with van der Waals surface area (Å²) in [5.41, 5.74) is 0.679. The van der Waals surface area contributed by atoms with E-state index in [2.05, 4.69) is 0 Å². The second kappa shape index (κ2) is 4.57. The van der Waals surface area contributed by atoms with Crippen LogP contribution in [0.25, 0.3) is 0 Å². The zero-order chi connectivity index (χ0) is 11.5. The van der Waals surface area contributed by atoms with Crippen molar-refractivity contribution < 1.29 is 23.7 Å². The highest BCUT2D eigenvalue weighted by molar-refractivity contribution is 5.53. The summed E-state index contributed by atoms with van der Waals surface area (Å²) in [6.45, 7) is 0.0814. The summed E-state index contributed by atoms with van der Waals surface area (Å²) in [5, 5.41) is 8.76. The number of hydrogen-bond acceptors (Lipinski definition) is 4. The van der Waals surface area contributed by atoms with Gasteiger partial charge in [-0.1, -0.05) is 0 Å². The molecule has 0 saturated heterocycles. The average Bonchev–Trinajstić information content (AvgIpc) is 2.75. The standard InChI is InChI=1S/C11H13FO4/c1-14-10-7(3-2-4-13)5-8-11(9(10)12)16-6-15-8/h5,13H,2-4,6H2,1H3. The van der Waals surface area contributed by atoms with Gasteiger partial charge in [0.25, 0.3) is 0 Å². The largest absolute Gasteiger partial charge is 0.493 e. The third-order valence-electron chi connectivity index (χ3n) is 2.45. The van der Waals surface area contributed by atoms with Crippen molar-refractivity contribution in [2.45, 2.75) is 12.8 Å². The van der Waals surface area contributed by atoms with Gasteiger partial charge in [0.05, 0.1) is 7.11 Å². The molecule has 88 valence electrons. The van der Waals surface area contributed by atoms with Crippen LogP contribution in [0.15, 0.2) is 6.07 Å². The van der Waals surface area contributed by atoms with Crippen LogP contribution in [0.1, 0.15) is 12.0 Å². The Kier molecular flexibility index (Phi) is 3.14. The van der Waals surface area contributed by atoms with Crippen LogP contribution in [0.5, 0.6) is 17.2 Å². The fourth-order valence-electron chi connectivity index (χ4n) is 1.71. The number of methoxy groups -OCH3 is 1. The summed E-state index contributed by atoms with van der Waals surface area (Å²) in [4.78, 5) is 0. The number of benzene rings is 1. The molecule has 2 rings (SSSR count). The van der Waals surface area contributed by atoms with E-state index in [0.717, 1.165) is 0 Å². The van der Waals surface area contributed by atoms with Gasteiger partial charge in [-0.2, -0.15) is 4.39 Å². The second-order valence-corrected chi connectivity index (χ2v) is 3.44. The van der Waals surface area contributed by atoms with Crippen molar-refractivity contribution in [1.29, 1.82) is 0 Å². The van der Waals surface area contributed by atoms with Crippen molar-refractivity contribution in [1.82, 2.24) is 0 Å². The minimum atomic E-state index is -0.537. The van der Waals surface area contributed by atoms with Crippen LogP contribution >= 0.6 is 0 Å². The molecule has 0 amide bonds. The van der Waals surface area contributed by atoms with Crippen molar-refractivity contribution in [2.24, 2.45) is 0 Å². The minimum absolute atomic E-state index is 0.0266. The summed E-state index contributed by atoms with van der Waals surface area (Å²) in [7, 11) is 1.41. The predicted octanol–water partition coefficient (Wildman–Crippen LogP) is 1.49. The SMILES string of the molecule is COc1c(CCCO)cc2c(c1F)OCO2. The molecule has 0 atom stereocenters. The number of aryl methyl sites for hydroxylation is 1. The van der Waals surface area contributed by atoms with E-state index in [0.29, 0.717) is 24.2 Å². The van der Waals surface area contributed by atoms with Crippen LogP contribution in [0.2, 0.25) is 0 Å². The van der Waals surface area contributed by atoms with Crippen LogP contribution in [-0.2, 0) is 6.42 Å². The van der Waals surface area contributed by atoms with Gasteiger partial charge in [-0.05, 0) is 18.9 Å². The first-order valence-electron chi connectivity index (χ1n) is 5.03. The molecule has 0 saturated carbocycles. The highest BCUT2D eigenvalue weighted by Crippen LogP contribution is 2.42. The smallest absolute Gasteiger partial charge is 0.231 e. The van der Waals surface area contributed by atoms with Crippen LogP contribution in [0.4, 0.5) is 4.39 Å². The first kappa shape index (κ1) is 11.0. The van der Waals surface area contributed by atoms with E-state index in [-0.39, 0.29) is 24.9 Å². The molecular weight excluding hydrogens is 215 g/mol. The van der Waals surface area contributed by atoms with E-state index >= 15 is 0 Å². The van der Waals surface area contributed by atoms with Crippen molar-refractivity contribution in [3.63, 3.8) is 0 Å². The summed E-state index contributed by atoms with van der Waals surface area (Å²) in [6, 6.07) is 1.69. The summed E-state index contributed by atoms with van der Waals surface area (Å²) in [6.07, 6.45) is 1.09. The number of aliphatic hydroxyl groups excluding tert-OH is 1. The lowest BCUT2D eigenvalue weighted by atomic mass is 10.1. The van der Waals surface area contributed by atoms with E-state index in [9.17, 15) is 4.39 Å². The van der Waals surface area contributed by atoms with Crippen LogP contribution in [-0.4, -0.2) is 25.6 Å². The number of ether oxygens (including phenoxy) is 3. The Morgan fingerprint density at radius 2 is 2.31 bits per heavy atom. The molecule has 0 spiro atoms. The molecule has 0 bridgehead atoms. The molecule has 4 nitrogen and oxygen atoms in total. The third-order valence-corrected chi connectivity index (χ3v) is 2.45. The monoisotopic (exact) mass is 228 g/mol. The molecule has 0 fully saturated rings. The van der Waals surface area contributed by atoms with Gasteiger partial charge >= 0.3 is 0 Å². The average molecular weight is 228 g/mol. The highest BCUT2D eigenvalue weighted by atomic mass is 19.1. The first-order valence-corrected chi connectivity index (χ1v) is 5.03. The van der Waals surface area contributed by atoms with E-state index < -0.39 is 5.82 Å².